The van der Waals surface area contributed by atoms with Crippen molar-refractivity contribution in [3.63, 3.8) is 0 Å². The summed E-state index contributed by atoms with van der Waals surface area (Å²) in [5.41, 5.74) is 7.48. The van der Waals surface area contributed by atoms with Gasteiger partial charge in [0.2, 0.25) is 13.6 Å². The van der Waals surface area contributed by atoms with Gasteiger partial charge in [-0.1, -0.05) is 12.1 Å². The molecular weight excluding hydrogens is 298 g/mol. The Morgan fingerprint density at radius 1 is 0.913 bits per heavy atom. The predicted octanol–water partition coefficient (Wildman–Crippen LogP) is 2.62. The fourth-order valence-corrected chi connectivity index (χ4v) is 2.45. The summed E-state index contributed by atoms with van der Waals surface area (Å²) in [6, 6.07) is 8.67. The molecule has 0 saturated carbocycles. The Bertz CT molecular complexity index is 828. The number of allylic oxidation sites excluding steroid dienone is 1. The Hall–Kier alpha value is -3.15. The summed E-state index contributed by atoms with van der Waals surface area (Å²) in [4.78, 5) is 12.4. The van der Waals surface area contributed by atoms with Gasteiger partial charge in [0, 0.05) is 17.3 Å². The van der Waals surface area contributed by atoms with Crippen molar-refractivity contribution in [2.75, 3.05) is 19.3 Å². The molecule has 0 amide bonds. The van der Waals surface area contributed by atoms with Crippen LogP contribution in [-0.2, 0) is 0 Å². The molecule has 0 saturated heterocycles. The van der Waals surface area contributed by atoms with Gasteiger partial charge < -0.3 is 24.7 Å². The fourth-order valence-electron chi connectivity index (χ4n) is 2.45. The number of nitrogen functional groups attached to an aromatic ring is 1. The second kappa shape index (κ2) is 5.24. The Kier molecular flexibility index (Phi) is 3.08. The zero-order chi connectivity index (χ0) is 15.8. The smallest absolute Gasteiger partial charge is 0.231 e. The summed E-state index contributed by atoms with van der Waals surface area (Å²) in [6.07, 6.45) is 3.17. The van der Waals surface area contributed by atoms with Crippen LogP contribution in [0.5, 0.6) is 23.0 Å². The number of hydrogen-bond acceptors (Lipinski definition) is 6. The molecule has 0 aromatic heterocycles. The average Bonchev–Trinajstić information content (AvgIpc) is 3.19. The first-order valence-corrected chi connectivity index (χ1v) is 7.02. The minimum atomic E-state index is -0.210. The molecule has 0 radical (unpaired) electrons. The van der Waals surface area contributed by atoms with Crippen LogP contribution in [0.1, 0.15) is 15.9 Å². The number of hydrogen-bond donors (Lipinski definition) is 1. The molecule has 2 aromatic rings. The first kappa shape index (κ1) is 13.5. The first-order chi connectivity index (χ1) is 11.2. The van der Waals surface area contributed by atoms with Gasteiger partial charge >= 0.3 is 0 Å². The Morgan fingerprint density at radius 2 is 1.57 bits per heavy atom. The number of ether oxygens (including phenoxy) is 4. The van der Waals surface area contributed by atoms with E-state index < -0.39 is 0 Å². The molecule has 0 aliphatic carbocycles. The first-order valence-electron chi connectivity index (χ1n) is 7.02. The van der Waals surface area contributed by atoms with Crippen molar-refractivity contribution >= 4 is 17.5 Å². The van der Waals surface area contributed by atoms with Crippen molar-refractivity contribution in [2.45, 2.75) is 0 Å². The van der Waals surface area contributed by atoms with E-state index in [1.807, 2.05) is 12.1 Å². The van der Waals surface area contributed by atoms with Gasteiger partial charge in [0.15, 0.2) is 28.8 Å². The molecule has 2 aliphatic rings. The molecule has 6 nitrogen and oxygen atoms in total. The molecule has 0 bridgehead atoms. The minimum absolute atomic E-state index is 0.138. The van der Waals surface area contributed by atoms with E-state index in [-0.39, 0.29) is 19.4 Å². The quantitative estimate of drug-likeness (QED) is 0.533. The highest BCUT2D eigenvalue weighted by Gasteiger charge is 2.18. The lowest BCUT2D eigenvalue weighted by molar-refractivity contribution is 0.104. The lowest BCUT2D eigenvalue weighted by atomic mass is 10.1. The van der Waals surface area contributed by atoms with E-state index in [1.165, 1.54) is 6.08 Å². The van der Waals surface area contributed by atoms with E-state index >= 15 is 0 Å². The van der Waals surface area contributed by atoms with Crippen LogP contribution in [-0.4, -0.2) is 19.4 Å². The lowest BCUT2D eigenvalue weighted by Crippen LogP contribution is -2.00. The van der Waals surface area contributed by atoms with Crippen LogP contribution in [0.3, 0.4) is 0 Å². The van der Waals surface area contributed by atoms with E-state index in [0.29, 0.717) is 34.2 Å². The number of benzene rings is 2. The topological polar surface area (TPSA) is 80.0 Å². The van der Waals surface area contributed by atoms with Crippen LogP contribution in [0, 0.1) is 0 Å². The van der Waals surface area contributed by atoms with E-state index in [4.69, 9.17) is 24.7 Å². The Balaban J connectivity index is 1.58. The third-order valence-corrected chi connectivity index (χ3v) is 3.63. The maximum absolute atomic E-state index is 12.4. The number of carbonyl (C=O) groups excluding carboxylic acids is 1. The summed E-state index contributed by atoms with van der Waals surface area (Å²) in [6.45, 7) is 0.356. The van der Waals surface area contributed by atoms with Crippen molar-refractivity contribution in [2.24, 2.45) is 0 Å². The molecule has 0 spiro atoms. The summed E-state index contributed by atoms with van der Waals surface area (Å²) < 4.78 is 21.1. The number of anilines is 1. The van der Waals surface area contributed by atoms with Crippen LogP contribution in [0.25, 0.3) is 6.08 Å². The third-order valence-electron chi connectivity index (χ3n) is 3.63. The second-order valence-corrected chi connectivity index (χ2v) is 5.10. The lowest BCUT2D eigenvalue weighted by Gasteiger charge is -2.04. The van der Waals surface area contributed by atoms with Gasteiger partial charge in [0.05, 0.1) is 0 Å². The number of fused-ring (bicyclic) bond motifs is 2. The molecule has 0 unspecified atom stereocenters. The molecule has 0 fully saturated rings. The highest BCUT2D eigenvalue weighted by molar-refractivity contribution is 6.10. The molecule has 0 atom stereocenters. The van der Waals surface area contributed by atoms with Crippen LogP contribution in [0.4, 0.5) is 5.69 Å². The molecule has 116 valence electrons. The SMILES string of the molecule is Nc1cc2c(cc1C(=O)C=Cc1ccc3c(c1)OCO3)OCO2. The number of ketones is 1. The van der Waals surface area contributed by atoms with Crippen LogP contribution < -0.4 is 24.7 Å². The van der Waals surface area contributed by atoms with Crippen LogP contribution >= 0.6 is 0 Å². The highest BCUT2D eigenvalue weighted by atomic mass is 16.7. The standard InChI is InChI=1S/C17H13NO5/c18-12-7-17-16(22-9-23-17)6-11(12)13(19)3-1-10-2-4-14-15(5-10)21-8-20-14/h1-7H,8-9,18H2. The van der Waals surface area contributed by atoms with Gasteiger partial charge in [-0.3, -0.25) is 4.79 Å². The minimum Gasteiger partial charge on any atom is -0.454 e. The Labute approximate surface area is 132 Å². The predicted molar refractivity (Wildman–Crippen MR) is 82.9 cm³/mol. The molecule has 4 rings (SSSR count). The van der Waals surface area contributed by atoms with Crippen LogP contribution in [0.15, 0.2) is 36.4 Å². The normalized spacial score (nSPS) is 14.4. The molecule has 2 aromatic carbocycles. The number of nitrogens with two attached hydrogens (primary N) is 1. The van der Waals surface area contributed by atoms with Crippen molar-refractivity contribution in [1.29, 1.82) is 0 Å². The van der Waals surface area contributed by atoms with Crippen molar-refractivity contribution < 1.29 is 23.7 Å². The average molecular weight is 311 g/mol. The van der Waals surface area contributed by atoms with Gasteiger partial charge in [-0.15, -0.1) is 0 Å². The molecule has 2 N–H and O–H groups in total. The van der Waals surface area contributed by atoms with E-state index in [1.54, 1.807) is 24.3 Å². The number of carbonyl (C=O) groups is 1. The summed E-state index contributed by atoms with van der Waals surface area (Å²) in [5.74, 6) is 2.24. The maximum atomic E-state index is 12.4. The van der Waals surface area contributed by atoms with E-state index in [0.717, 1.165) is 5.56 Å². The Morgan fingerprint density at radius 3 is 2.35 bits per heavy atom. The third kappa shape index (κ3) is 2.44. The van der Waals surface area contributed by atoms with E-state index in [9.17, 15) is 4.79 Å². The van der Waals surface area contributed by atoms with Gasteiger partial charge in [-0.05, 0) is 29.8 Å². The van der Waals surface area contributed by atoms with Crippen molar-refractivity contribution in [3.8, 4) is 23.0 Å². The molecule has 2 heterocycles. The van der Waals surface area contributed by atoms with E-state index in [2.05, 4.69) is 0 Å². The van der Waals surface area contributed by atoms with Crippen molar-refractivity contribution in [3.05, 3.63) is 47.5 Å². The zero-order valence-electron chi connectivity index (χ0n) is 12.1. The molecular formula is C17H13NO5. The second-order valence-electron chi connectivity index (χ2n) is 5.10. The molecule has 23 heavy (non-hydrogen) atoms. The maximum Gasteiger partial charge on any atom is 0.231 e. The van der Waals surface area contributed by atoms with Crippen LogP contribution in [0.2, 0.25) is 0 Å². The summed E-state index contributed by atoms with van der Waals surface area (Å²) in [5, 5.41) is 0. The largest absolute Gasteiger partial charge is 0.454 e. The summed E-state index contributed by atoms with van der Waals surface area (Å²) >= 11 is 0. The van der Waals surface area contributed by atoms with Gasteiger partial charge in [-0.25, -0.2) is 0 Å². The van der Waals surface area contributed by atoms with Gasteiger partial charge in [0.1, 0.15) is 0 Å². The summed E-state index contributed by atoms with van der Waals surface area (Å²) in [7, 11) is 0. The fraction of sp³-hybridized carbons (Fsp3) is 0.118. The van der Waals surface area contributed by atoms with Gasteiger partial charge in [0.25, 0.3) is 0 Å². The molecule has 2 aliphatic heterocycles. The highest BCUT2D eigenvalue weighted by Crippen LogP contribution is 2.36. The number of rotatable bonds is 3. The monoisotopic (exact) mass is 311 g/mol. The molecule has 6 heteroatoms. The van der Waals surface area contributed by atoms with Crippen molar-refractivity contribution in [1.82, 2.24) is 0 Å². The zero-order valence-corrected chi connectivity index (χ0v) is 12.1. The van der Waals surface area contributed by atoms with Gasteiger partial charge in [-0.2, -0.15) is 0 Å².